The van der Waals surface area contributed by atoms with Crippen LogP contribution < -0.4 is 10.1 Å². The zero-order valence-electron chi connectivity index (χ0n) is 17.7. The molecule has 1 fully saturated rings. The SMILES string of the molecule is COc1ccc(-c2csc(NC(=O)c3cc(S(=O)(=O)N4CCOCC4)ccc3C)n2)cc1. The van der Waals surface area contributed by atoms with E-state index < -0.39 is 15.9 Å². The second-order valence-corrected chi connectivity index (χ2v) is 10.0. The predicted molar refractivity (Wildman–Crippen MR) is 123 cm³/mol. The largest absolute Gasteiger partial charge is 0.497 e. The average Bonchev–Trinajstić information content (AvgIpc) is 3.28. The van der Waals surface area contributed by atoms with E-state index in [1.807, 2.05) is 29.6 Å². The Labute approximate surface area is 190 Å². The Morgan fingerprint density at radius 2 is 1.88 bits per heavy atom. The summed E-state index contributed by atoms with van der Waals surface area (Å²) in [7, 11) is -2.09. The van der Waals surface area contributed by atoms with Crippen molar-refractivity contribution in [1.29, 1.82) is 0 Å². The van der Waals surface area contributed by atoms with Crippen LogP contribution in [-0.2, 0) is 14.8 Å². The highest BCUT2D eigenvalue weighted by atomic mass is 32.2. The van der Waals surface area contributed by atoms with Crippen molar-refractivity contribution in [2.75, 3.05) is 38.7 Å². The maximum Gasteiger partial charge on any atom is 0.257 e. The first-order valence-electron chi connectivity index (χ1n) is 9.98. The Kier molecular flexibility index (Phi) is 6.56. The van der Waals surface area contributed by atoms with Crippen molar-refractivity contribution in [2.24, 2.45) is 0 Å². The second-order valence-electron chi connectivity index (χ2n) is 7.21. The lowest BCUT2D eigenvalue weighted by Gasteiger charge is -2.26. The first kappa shape index (κ1) is 22.4. The number of nitrogens with zero attached hydrogens (tertiary/aromatic N) is 2. The number of aromatic nitrogens is 1. The summed E-state index contributed by atoms with van der Waals surface area (Å²) < 4.78 is 37.7. The molecule has 0 atom stereocenters. The zero-order valence-corrected chi connectivity index (χ0v) is 19.3. The van der Waals surface area contributed by atoms with Crippen molar-refractivity contribution in [3.8, 4) is 17.0 Å². The number of aryl methyl sites for hydroxylation is 1. The predicted octanol–water partition coefficient (Wildman–Crippen LogP) is 3.40. The maximum atomic E-state index is 13.0. The smallest absolute Gasteiger partial charge is 0.257 e. The summed E-state index contributed by atoms with van der Waals surface area (Å²) in [5.41, 5.74) is 2.60. The normalized spacial score (nSPS) is 14.8. The lowest BCUT2D eigenvalue weighted by molar-refractivity contribution is 0.0730. The van der Waals surface area contributed by atoms with Gasteiger partial charge in [0.1, 0.15) is 5.75 Å². The molecule has 0 aliphatic carbocycles. The first-order chi connectivity index (χ1) is 15.4. The van der Waals surface area contributed by atoms with Crippen molar-refractivity contribution in [3.63, 3.8) is 0 Å². The summed E-state index contributed by atoms with van der Waals surface area (Å²) in [4.78, 5) is 17.5. The summed E-state index contributed by atoms with van der Waals surface area (Å²) >= 11 is 1.30. The molecule has 10 heteroatoms. The average molecular weight is 474 g/mol. The highest BCUT2D eigenvalue weighted by Crippen LogP contribution is 2.27. The van der Waals surface area contributed by atoms with Gasteiger partial charge in [-0.1, -0.05) is 6.07 Å². The number of rotatable bonds is 6. The molecule has 4 rings (SSSR count). The number of morpholine rings is 1. The molecule has 0 radical (unpaired) electrons. The fourth-order valence-corrected chi connectivity index (χ4v) is 5.48. The van der Waals surface area contributed by atoms with Gasteiger partial charge in [0, 0.05) is 29.6 Å². The third-order valence-corrected chi connectivity index (χ3v) is 7.82. The molecule has 3 aromatic rings. The summed E-state index contributed by atoms with van der Waals surface area (Å²) in [6, 6.07) is 12.1. The standard InChI is InChI=1S/C22H23N3O5S2/c1-15-3-8-18(32(27,28)25-9-11-30-12-10-25)13-19(15)21(26)24-22-23-20(14-31-22)16-4-6-17(29-2)7-5-16/h3-8,13-14H,9-12H2,1-2H3,(H,23,24,26). The molecular formula is C22H23N3O5S2. The van der Waals surface area contributed by atoms with E-state index >= 15 is 0 Å². The van der Waals surface area contributed by atoms with Crippen LogP contribution in [0.5, 0.6) is 5.75 Å². The molecule has 2 aromatic carbocycles. The molecule has 1 N–H and O–H groups in total. The fourth-order valence-electron chi connectivity index (χ4n) is 3.33. The minimum absolute atomic E-state index is 0.0909. The van der Waals surface area contributed by atoms with Crippen LogP contribution in [0.3, 0.4) is 0 Å². The van der Waals surface area contributed by atoms with Gasteiger partial charge < -0.3 is 9.47 Å². The number of methoxy groups -OCH3 is 1. The van der Waals surface area contributed by atoms with Crippen molar-refractivity contribution >= 4 is 32.4 Å². The fraction of sp³-hybridized carbons (Fsp3) is 0.273. The summed E-state index contributed by atoms with van der Waals surface area (Å²) in [5.74, 6) is 0.344. The Morgan fingerprint density at radius 1 is 1.16 bits per heavy atom. The number of amides is 1. The lowest BCUT2D eigenvalue weighted by Crippen LogP contribution is -2.40. The first-order valence-corrected chi connectivity index (χ1v) is 12.3. The van der Waals surface area contributed by atoms with E-state index in [-0.39, 0.29) is 4.90 Å². The van der Waals surface area contributed by atoms with Crippen molar-refractivity contribution < 1.29 is 22.7 Å². The second kappa shape index (κ2) is 9.37. The highest BCUT2D eigenvalue weighted by molar-refractivity contribution is 7.89. The number of benzene rings is 2. The topological polar surface area (TPSA) is 97.8 Å². The Morgan fingerprint density at radius 3 is 2.56 bits per heavy atom. The molecular weight excluding hydrogens is 450 g/mol. The number of carbonyl (C=O) groups is 1. The van der Waals surface area contributed by atoms with Crippen LogP contribution in [0, 0.1) is 6.92 Å². The van der Waals surface area contributed by atoms with Gasteiger partial charge in [-0.05, 0) is 48.9 Å². The number of anilines is 1. The lowest BCUT2D eigenvalue weighted by atomic mass is 10.1. The molecule has 0 bridgehead atoms. The Balaban J connectivity index is 1.53. The van der Waals surface area contributed by atoms with Crippen LogP contribution >= 0.6 is 11.3 Å². The minimum Gasteiger partial charge on any atom is -0.497 e. The minimum atomic E-state index is -3.70. The highest BCUT2D eigenvalue weighted by Gasteiger charge is 2.27. The molecule has 32 heavy (non-hydrogen) atoms. The van der Waals surface area contributed by atoms with Gasteiger partial charge in [0.05, 0.1) is 30.9 Å². The van der Waals surface area contributed by atoms with Crippen LogP contribution in [0.2, 0.25) is 0 Å². The van der Waals surface area contributed by atoms with E-state index in [4.69, 9.17) is 9.47 Å². The van der Waals surface area contributed by atoms with Crippen molar-refractivity contribution in [3.05, 3.63) is 59.0 Å². The number of hydrogen-bond acceptors (Lipinski definition) is 7. The van der Waals surface area contributed by atoms with E-state index in [0.29, 0.717) is 42.6 Å². The van der Waals surface area contributed by atoms with E-state index in [2.05, 4.69) is 10.3 Å². The quantitative estimate of drug-likeness (QED) is 0.589. The molecule has 168 valence electrons. The van der Waals surface area contributed by atoms with Gasteiger partial charge >= 0.3 is 0 Å². The number of nitrogens with one attached hydrogen (secondary N) is 1. The molecule has 8 nitrogen and oxygen atoms in total. The van der Waals surface area contributed by atoms with Gasteiger partial charge in [-0.15, -0.1) is 11.3 Å². The summed E-state index contributed by atoms with van der Waals surface area (Å²) in [6.45, 7) is 3.08. The molecule has 0 unspecified atom stereocenters. The molecule has 1 amide bonds. The number of thiazole rings is 1. The number of carbonyl (C=O) groups excluding carboxylic acids is 1. The van der Waals surface area contributed by atoms with Crippen LogP contribution in [0.1, 0.15) is 15.9 Å². The van der Waals surface area contributed by atoms with Crippen molar-refractivity contribution in [1.82, 2.24) is 9.29 Å². The van der Waals surface area contributed by atoms with E-state index in [1.165, 1.54) is 27.8 Å². The van der Waals surface area contributed by atoms with Crippen LogP contribution in [0.15, 0.2) is 52.7 Å². The van der Waals surface area contributed by atoms with E-state index in [9.17, 15) is 13.2 Å². The Hall–Kier alpha value is -2.79. The molecule has 1 aliphatic heterocycles. The van der Waals surface area contributed by atoms with E-state index in [1.54, 1.807) is 20.1 Å². The van der Waals surface area contributed by atoms with Gasteiger partial charge in [0.25, 0.3) is 5.91 Å². The van der Waals surface area contributed by atoms with Gasteiger partial charge in [0.15, 0.2) is 5.13 Å². The number of ether oxygens (including phenoxy) is 2. The monoisotopic (exact) mass is 473 g/mol. The third-order valence-electron chi connectivity index (χ3n) is 5.17. The Bertz CT molecular complexity index is 1220. The van der Waals surface area contributed by atoms with Gasteiger partial charge in [0.2, 0.25) is 10.0 Å². The molecule has 0 spiro atoms. The summed E-state index contributed by atoms with van der Waals surface area (Å²) in [6.07, 6.45) is 0. The van der Waals surface area contributed by atoms with E-state index in [0.717, 1.165) is 17.0 Å². The molecule has 1 aliphatic rings. The molecule has 1 saturated heterocycles. The van der Waals surface area contributed by atoms with Gasteiger partial charge in [-0.3, -0.25) is 10.1 Å². The number of sulfonamides is 1. The van der Waals surface area contributed by atoms with Crippen LogP contribution in [0.25, 0.3) is 11.3 Å². The third kappa shape index (κ3) is 4.68. The molecule has 2 heterocycles. The van der Waals surface area contributed by atoms with Gasteiger partial charge in [-0.25, -0.2) is 13.4 Å². The molecule has 0 saturated carbocycles. The maximum absolute atomic E-state index is 13.0. The number of hydrogen-bond donors (Lipinski definition) is 1. The van der Waals surface area contributed by atoms with Crippen molar-refractivity contribution in [2.45, 2.75) is 11.8 Å². The van der Waals surface area contributed by atoms with Gasteiger partial charge in [-0.2, -0.15) is 4.31 Å². The zero-order chi connectivity index (χ0) is 22.7. The molecule has 1 aromatic heterocycles. The summed E-state index contributed by atoms with van der Waals surface area (Å²) in [5, 5.41) is 5.07. The van der Waals surface area contributed by atoms with Crippen LogP contribution in [0.4, 0.5) is 5.13 Å². The van der Waals surface area contributed by atoms with Crippen LogP contribution in [-0.4, -0.2) is 57.0 Å².